The number of aliphatic imine (C=N–C) groups is 2. The van der Waals surface area contributed by atoms with E-state index in [-0.39, 0.29) is 11.6 Å². The maximum absolute atomic E-state index is 5.14. The second kappa shape index (κ2) is 12.3. The van der Waals surface area contributed by atoms with Crippen LogP contribution in [0.2, 0.25) is 0 Å². The van der Waals surface area contributed by atoms with E-state index >= 15 is 0 Å². The molecule has 1 unspecified atom stereocenters. The standard InChI is InChI=1S/C50H37N3/c1-50(2)44-31-40(49-52-47(35-14-5-3-6-15-35)51-48(53-49)36-16-7-4-8-17-36)27-28-42(44)45-43(30-39-19-11-12-20-41(39)46(45)50)34-24-21-33(22-25-34)38-26-23-32-13-9-10-18-37(32)29-38/h3-31,47H,1-2H3,(H,51,52,53). The molecule has 1 heterocycles. The molecule has 3 heteroatoms. The number of hydrogen-bond donors (Lipinski definition) is 1. The molecule has 0 radical (unpaired) electrons. The van der Waals surface area contributed by atoms with Crippen LogP contribution < -0.4 is 5.32 Å². The Hall–Kier alpha value is -6.58. The predicted molar refractivity (Wildman–Crippen MR) is 222 cm³/mol. The number of fused-ring (bicyclic) bond motifs is 6. The van der Waals surface area contributed by atoms with Gasteiger partial charge in [-0.05, 0) is 89.8 Å². The molecule has 0 bridgehead atoms. The fourth-order valence-corrected chi connectivity index (χ4v) is 8.40. The van der Waals surface area contributed by atoms with Crippen molar-refractivity contribution in [3.8, 4) is 33.4 Å². The number of nitrogens with one attached hydrogen (secondary N) is 1. The van der Waals surface area contributed by atoms with Crippen molar-refractivity contribution in [2.24, 2.45) is 9.98 Å². The van der Waals surface area contributed by atoms with Crippen LogP contribution >= 0.6 is 0 Å². The van der Waals surface area contributed by atoms with Crippen molar-refractivity contribution in [3.05, 3.63) is 204 Å². The Morgan fingerprint density at radius 2 is 1.13 bits per heavy atom. The molecule has 0 spiro atoms. The first-order valence-corrected chi connectivity index (χ1v) is 18.4. The van der Waals surface area contributed by atoms with E-state index in [0.717, 1.165) is 28.4 Å². The van der Waals surface area contributed by atoms with Crippen LogP contribution in [0.3, 0.4) is 0 Å². The van der Waals surface area contributed by atoms with E-state index in [9.17, 15) is 0 Å². The van der Waals surface area contributed by atoms with Gasteiger partial charge in [-0.3, -0.25) is 0 Å². The summed E-state index contributed by atoms with van der Waals surface area (Å²) in [6.07, 6.45) is -0.245. The highest BCUT2D eigenvalue weighted by Gasteiger charge is 2.39. The van der Waals surface area contributed by atoms with Crippen molar-refractivity contribution in [2.45, 2.75) is 25.4 Å². The quantitative estimate of drug-likeness (QED) is 0.193. The highest BCUT2D eigenvalue weighted by Crippen LogP contribution is 2.55. The minimum atomic E-state index is -0.245. The van der Waals surface area contributed by atoms with Crippen LogP contribution in [0.1, 0.15) is 47.8 Å². The van der Waals surface area contributed by atoms with Crippen molar-refractivity contribution in [1.29, 1.82) is 0 Å². The normalized spacial score (nSPS) is 15.7. The molecule has 0 saturated heterocycles. The highest BCUT2D eigenvalue weighted by atomic mass is 15.2. The van der Waals surface area contributed by atoms with Crippen molar-refractivity contribution in [3.63, 3.8) is 0 Å². The number of amidine groups is 2. The van der Waals surface area contributed by atoms with Gasteiger partial charge in [-0.25, -0.2) is 9.98 Å². The third kappa shape index (κ3) is 5.27. The zero-order chi connectivity index (χ0) is 35.5. The minimum absolute atomic E-state index is 0.244. The molecule has 1 aliphatic heterocycles. The molecule has 1 atom stereocenters. The Labute approximate surface area is 310 Å². The van der Waals surface area contributed by atoms with Crippen LogP contribution in [-0.2, 0) is 5.41 Å². The Balaban J connectivity index is 1.09. The van der Waals surface area contributed by atoms with Crippen LogP contribution in [-0.4, -0.2) is 11.7 Å². The molecule has 252 valence electrons. The molecule has 2 aliphatic rings. The summed E-state index contributed by atoms with van der Waals surface area (Å²) in [7, 11) is 0. The Morgan fingerprint density at radius 3 is 1.92 bits per heavy atom. The van der Waals surface area contributed by atoms with Gasteiger partial charge in [-0.15, -0.1) is 0 Å². The maximum atomic E-state index is 5.14. The number of nitrogens with zero attached hydrogens (tertiary/aromatic N) is 2. The zero-order valence-electron chi connectivity index (χ0n) is 29.7. The topological polar surface area (TPSA) is 36.8 Å². The van der Waals surface area contributed by atoms with E-state index in [1.54, 1.807) is 0 Å². The average Bonchev–Trinajstić information content (AvgIpc) is 3.47. The summed E-state index contributed by atoms with van der Waals surface area (Å²) in [6, 6.07) is 63.2. The van der Waals surface area contributed by atoms with E-state index in [4.69, 9.17) is 9.98 Å². The lowest BCUT2D eigenvalue weighted by Crippen LogP contribution is -2.33. The number of rotatable bonds is 5. The van der Waals surface area contributed by atoms with Gasteiger partial charge in [0.2, 0.25) is 0 Å². The van der Waals surface area contributed by atoms with Crippen molar-refractivity contribution < 1.29 is 0 Å². The lowest BCUT2D eigenvalue weighted by Gasteiger charge is -2.26. The molecule has 3 nitrogen and oxygen atoms in total. The first kappa shape index (κ1) is 31.2. The lowest BCUT2D eigenvalue weighted by molar-refractivity contribution is 0.663. The minimum Gasteiger partial charge on any atom is -0.344 e. The highest BCUT2D eigenvalue weighted by molar-refractivity contribution is 6.14. The molecule has 53 heavy (non-hydrogen) atoms. The van der Waals surface area contributed by atoms with Crippen LogP contribution in [0.25, 0.3) is 54.9 Å². The molecule has 0 saturated carbocycles. The molecule has 8 aromatic rings. The maximum Gasteiger partial charge on any atom is 0.159 e. The molecule has 0 aromatic heterocycles. The summed E-state index contributed by atoms with van der Waals surface area (Å²) in [5.74, 6) is 1.56. The van der Waals surface area contributed by atoms with Gasteiger partial charge in [0.05, 0.1) is 0 Å². The number of benzene rings is 8. The first-order chi connectivity index (χ1) is 26.0. The van der Waals surface area contributed by atoms with Gasteiger partial charge in [-0.2, -0.15) is 0 Å². The summed E-state index contributed by atoms with van der Waals surface area (Å²) < 4.78 is 0. The van der Waals surface area contributed by atoms with E-state index in [0.29, 0.717) is 0 Å². The zero-order valence-corrected chi connectivity index (χ0v) is 29.7. The van der Waals surface area contributed by atoms with Gasteiger partial charge in [0.25, 0.3) is 0 Å². The smallest absolute Gasteiger partial charge is 0.159 e. The van der Waals surface area contributed by atoms with E-state index in [2.05, 4.69) is 171 Å². The van der Waals surface area contributed by atoms with Crippen LogP contribution in [0.4, 0.5) is 0 Å². The molecule has 0 fully saturated rings. The summed E-state index contributed by atoms with van der Waals surface area (Å²) in [4.78, 5) is 10.2. The Morgan fingerprint density at radius 1 is 0.491 bits per heavy atom. The fraction of sp³-hybridized carbons (Fsp3) is 0.0800. The predicted octanol–water partition coefficient (Wildman–Crippen LogP) is 12.1. The largest absolute Gasteiger partial charge is 0.344 e. The van der Waals surface area contributed by atoms with Crippen molar-refractivity contribution in [2.75, 3.05) is 0 Å². The Bertz CT molecular complexity index is 2760. The monoisotopic (exact) mass is 679 g/mol. The molecule has 10 rings (SSSR count). The third-order valence-electron chi connectivity index (χ3n) is 11.1. The molecule has 8 aromatic carbocycles. The fourth-order valence-electron chi connectivity index (χ4n) is 8.40. The Kier molecular flexibility index (Phi) is 7.23. The third-order valence-corrected chi connectivity index (χ3v) is 11.1. The van der Waals surface area contributed by atoms with E-state index < -0.39 is 0 Å². The van der Waals surface area contributed by atoms with Gasteiger partial charge >= 0.3 is 0 Å². The summed E-state index contributed by atoms with van der Waals surface area (Å²) in [6.45, 7) is 4.75. The average molecular weight is 680 g/mol. The van der Waals surface area contributed by atoms with Crippen molar-refractivity contribution >= 4 is 33.2 Å². The second-order valence-corrected chi connectivity index (χ2v) is 14.7. The van der Waals surface area contributed by atoms with Gasteiger partial charge in [0.1, 0.15) is 12.0 Å². The van der Waals surface area contributed by atoms with E-state index in [1.807, 2.05) is 24.3 Å². The van der Waals surface area contributed by atoms with Gasteiger partial charge in [0, 0.05) is 16.5 Å². The van der Waals surface area contributed by atoms with Gasteiger partial charge in [0.15, 0.2) is 5.84 Å². The van der Waals surface area contributed by atoms with Crippen LogP contribution in [0.5, 0.6) is 0 Å². The summed E-state index contributed by atoms with van der Waals surface area (Å²) in [5, 5.41) is 8.76. The second-order valence-electron chi connectivity index (χ2n) is 14.7. The summed E-state index contributed by atoms with van der Waals surface area (Å²) >= 11 is 0. The SMILES string of the molecule is CC1(C)c2cc(C3=NC(c4ccccc4)=NC(c4ccccc4)N3)ccc2-c2c(-c3ccc(-c4ccc5ccccc5c4)cc3)cc3ccccc3c21. The van der Waals surface area contributed by atoms with E-state index in [1.165, 1.54) is 66.1 Å². The van der Waals surface area contributed by atoms with Crippen molar-refractivity contribution in [1.82, 2.24) is 5.32 Å². The molecular weight excluding hydrogens is 643 g/mol. The number of hydrogen-bond acceptors (Lipinski definition) is 3. The summed E-state index contributed by atoms with van der Waals surface area (Å²) in [5.41, 5.74) is 13.1. The van der Waals surface area contributed by atoms with Gasteiger partial charge in [-0.1, -0.05) is 172 Å². The molecule has 1 N–H and O–H groups in total. The molecule has 1 aliphatic carbocycles. The van der Waals surface area contributed by atoms with Crippen LogP contribution in [0.15, 0.2) is 186 Å². The van der Waals surface area contributed by atoms with Gasteiger partial charge < -0.3 is 5.32 Å². The van der Waals surface area contributed by atoms with Crippen LogP contribution in [0, 0.1) is 0 Å². The first-order valence-electron chi connectivity index (χ1n) is 18.4. The molecular formula is C50H37N3. The lowest BCUT2D eigenvalue weighted by atomic mass is 9.79. The molecule has 0 amide bonds.